The van der Waals surface area contributed by atoms with E-state index in [1.54, 1.807) is 12.1 Å². The lowest BCUT2D eigenvalue weighted by molar-refractivity contribution is -0.136. The number of aliphatic carboxylic acids is 1. The van der Waals surface area contributed by atoms with Crippen LogP contribution < -0.4 is 0 Å². The Labute approximate surface area is 126 Å². The maximum atomic E-state index is 12.7. The summed E-state index contributed by atoms with van der Waals surface area (Å²) in [4.78, 5) is 11.0. The third kappa shape index (κ3) is 3.84. The SMILES string of the molecule is CC1CC(C)CC(S(=O)(=O)c2ccc(CC(=O)O)cc2)C1. The van der Waals surface area contributed by atoms with Crippen LogP contribution in [0.5, 0.6) is 0 Å². The lowest BCUT2D eigenvalue weighted by Gasteiger charge is -2.31. The molecule has 21 heavy (non-hydrogen) atoms. The number of sulfone groups is 1. The molecule has 0 aliphatic heterocycles. The second kappa shape index (κ2) is 6.18. The van der Waals surface area contributed by atoms with Gasteiger partial charge in [0.25, 0.3) is 0 Å². The van der Waals surface area contributed by atoms with Crippen molar-refractivity contribution in [3.8, 4) is 0 Å². The molecular formula is C16H22O4S. The Balaban J connectivity index is 2.21. The molecule has 4 nitrogen and oxygen atoms in total. The van der Waals surface area contributed by atoms with E-state index < -0.39 is 15.8 Å². The Morgan fingerprint density at radius 1 is 1.10 bits per heavy atom. The third-order valence-electron chi connectivity index (χ3n) is 4.18. The average Bonchev–Trinajstić information content (AvgIpc) is 2.37. The van der Waals surface area contributed by atoms with Gasteiger partial charge in [-0.05, 0) is 48.8 Å². The van der Waals surface area contributed by atoms with Crippen molar-refractivity contribution in [2.24, 2.45) is 11.8 Å². The molecule has 1 saturated carbocycles. The van der Waals surface area contributed by atoms with Gasteiger partial charge in [-0.1, -0.05) is 26.0 Å². The number of carboxylic acids is 1. The van der Waals surface area contributed by atoms with E-state index >= 15 is 0 Å². The van der Waals surface area contributed by atoms with E-state index in [9.17, 15) is 13.2 Å². The third-order valence-corrected chi connectivity index (χ3v) is 6.37. The molecule has 0 heterocycles. The quantitative estimate of drug-likeness (QED) is 0.928. The van der Waals surface area contributed by atoms with Crippen LogP contribution >= 0.6 is 0 Å². The van der Waals surface area contributed by atoms with Crippen molar-refractivity contribution in [2.75, 3.05) is 0 Å². The van der Waals surface area contributed by atoms with Crippen molar-refractivity contribution in [3.05, 3.63) is 29.8 Å². The second-order valence-electron chi connectivity index (χ2n) is 6.30. The summed E-state index contributed by atoms with van der Waals surface area (Å²) in [7, 11) is -3.32. The van der Waals surface area contributed by atoms with Gasteiger partial charge in [-0.25, -0.2) is 8.42 Å². The number of hydrogen-bond acceptors (Lipinski definition) is 3. The van der Waals surface area contributed by atoms with Crippen LogP contribution in [-0.2, 0) is 21.1 Å². The molecule has 0 bridgehead atoms. The van der Waals surface area contributed by atoms with E-state index in [1.807, 2.05) is 0 Å². The van der Waals surface area contributed by atoms with Crippen LogP contribution in [-0.4, -0.2) is 24.7 Å². The molecule has 0 amide bonds. The van der Waals surface area contributed by atoms with Gasteiger partial charge in [0.1, 0.15) is 0 Å². The molecule has 1 aliphatic carbocycles. The highest BCUT2D eigenvalue weighted by Crippen LogP contribution is 2.35. The van der Waals surface area contributed by atoms with E-state index in [-0.39, 0.29) is 11.7 Å². The van der Waals surface area contributed by atoms with Gasteiger partial charge in [0.15, 0.2) is 9.84 Å². The summed E-state index contributed by atoms with van der Waals surface area (Å²) in [6, 6.07) is 6.27. The van der Waals surface area contributed by atoms with Crippen molar-refractivity contribution >= 4 is 15.8 Å². The number of rotatable bonds is 4. The number of carbonyl (C=O) groups is 1. The molecule has 0 spiro atoms. The summed E-state index contributed by atoms with van der Waals surface area (Å²) in [6.45, 7) is 4.21. The summed E-state index contributed by atoms with van der Waals surface area (Å²) >= 11 is 0. The maximum absolute atomic E-state index is 12.7. The fourth-order valence-electron chi connectivity index (χ4n) is 3.29. The van der Waals surface area contributed by atoms with Crippen LogP contribution in [0.25, 0.3) is 0 Å². The molecule has 2 unspecified atom stereocenters. The van der Waals surface area contributed by atoms with Crippen molar-refractivity contribution in [2.45, 2.75) is 49.7 Å². The van der Waals surface area contributed by atoms with Crippen LogP contribution in [0.3, 0.4) is 0 Å². The second-order valence-corrected chi connectivity index (χ2v) is 8.53. The average molecular weight is 310 g/mol. The van der Waals surface area contributed by atoms with Crippen LogP contribution in [0.15, 0.2) is 29.2 Å². The van der Waals surface area contributed by atoms with Gasteiger partial charge in [-0.15, -0.1) is 0 Å². The standard InChI is InChI=1S/C16H22O4S/c1-11-7-12(2)9-15(8-11)21(19,20)14-5-3-13(4-6-14)10-16(17)18/h3-6,11-12,15H,7-10H2,1-2H3,(H,17,18). The zero-order valence-electron chi connectivity index (χ0n) is 12.5. The molecule has 0 aromatic heterocycles. The molecule has 0 radical (unpaired) electrons. The van der Waals surface area contributed by atoms with E-state index in [0.717, 1.165) is 6.42 Å². The molecule has 1 fully saturated rings. The van der Waals surface area contributed by atoms with Crippen molar-refractivity contribution < 1.29 is 18.3 Å². The van der Waals surface area contributed by atoms with Gasteiger partial charge in [0.2, 0.25) is 0 Å². The molecule has 1 aromatic rings. The Morgan fingerprint density at radius 3 is 2.10 bits per heavy atom. The monoisotopic (exact) mass is 310 g/mol. The van der Waals surface area contributed by atoms with Gasteiger partial charge < -0.3 is 5.11 Å². The van der Waals surface area contributed by atoms with E-state index in [2.05, 4.69) is 13.8 Å². The Kier molecular flexibility index (Phi) is 4.71. The first-order chi connectivity index (χ1) is 9.79. The smallest absolute Gasteiger partial charge is 0.307 e. The van der Waals surface area contributed by atoms with Crippen LogP contribution in [0.1, 0.15) is 38.7 Å². The largest absolute Gasteiger partial charge is 0.481 e. The first-order valence-electron chi connectivity index (χ1n) is 7.33. The Bertz CT molecular complexity index is 594. The summed E-state index contributed by atoms with van der Waals surface area (Å²) < 4.78 is 25.4. The molecule has 1 aromatic carbocycles. The van der Waals surface area contributed by atoms with Crippen molar-refractivity contribution in [1.29, 1.82) is 0 Å². The van der Waals surface area contributed by atoms with Crippen LogP contribution in [0.2, 0.25) is 0 Å². The molecule has 5 heteroatoms. The van der Waals surface area contributed by atoms with Crippen LogP contribution in [0.4, 0.5) is 0 Å². The normalized spacial score (nSPS) is 26.5. The predicted octanol–water partition coefficient (Wildman–Crippen LogP) is 2.91. The van der Waals surface area contributed by atoms with E-state index in [0.29, 0.717) is 35.1 Å². The zero-order valence-corrected chi connectivity index (χ0v) is 13.3. The lowest BCUT2D eigenvalue weighted by Crippen LogP contribution is -2.31. The summed E-state index contributed by atoms with van der Waals surface area (Å²) in [6.07, 6.45) is 2.43. The number of benzene rings is 1. The summed E-state index contributed by atoms with van der Waals surface area (Å²) in [5.74, 6) is -0.0554. The highest BCUT2D eigenvalue weighted by atomic mass is 32.2. The first kappa shape index (κ1) is 16.0. The number of hydrogen-bond donors (Lipinski definition) is 1. The minimum absolute atomic E-state index is 0.0855. The fourth-order valence-corrected chi connectivity index (χ4v) is 5.35. The van der Waals surface area contributed by atoms with Crippen molar-refractivity contribution in [3.63, 3.8) is 0 Å². The first-order valence-corrected chi connectivity index (χ1v) is 8.88. The molecule has 116 valence electrons. The highest BCUT2D eigenvalue weighted by Gasteiger charge is 2.34. The number of carboxylic acid groups (broad SMARTS) is 1. The highest BCUT2D eigenvalue weighted by molar-refractivity contribution is 7.92. The van der Waals surface area contributed by atoms with Crippen LogP contribution in [0, 0.1) is 11.8 Å². The minimum atomic E-state index is -3.32. The molecule has 1 aliphatic rings. The Morgan fingerprint density at radius 2 is 1.62 bits per heavy atom. The maximum Gasteiger partial charge on any atom is 0.307 e. The van der Waals surface area contributed by atoms with Crippen molar-refractivity contribution in [1.82, 2.24) is 0 Å². The molecular weight excluding hydrogens is 288 g/mol. The minimum Gasteiger partial charge on any atom is -0.481 e. The van der Waals surface area contributed by atoms with Gasteiger partial charge in [-0.2, -0.15) is 0 Å². The fraction of sp³-hybridized carbons (Fsp3) is 0.562. The van der Waals surface area contributed by atoms with E-state index in [1.165, 1.54) is 12.1 Å². The van der Waals surface area contributed by atoms with Gasteiger partial charge in [0.05, 0.1) is 16.6 Å². The Hall–Kier alpha value is -1.36. The van der Waals surface area contributed by atoms with Gasteiger partial charge >= 0.3 is 5.97 Å². The predicted molar refractivity (Wildman–Crippen MR) is 80.9 cm³/mol. The van der Waals surface area contributed by atoms with Gasteiger partial charge in [-0.3, -0.25) is 4.79 Å². The topological polar surface area (TPSA) is 71.4 Å². The summed E-state index contributed by atoms with van der Waals surface area (Å²) in [5.41, 5.74) is 0.617. The molecule has 2 rings (SSSR count). The van der Waals surface area contributed by atoms with Gasteiger partial charge in [0, 0.05) is 0 Å². The molecule has 0 saturated heterocycles. The molecule has 2 atom stereocenters. The summed E-state index contributed by atoms with van der Waals surface area (Å²) in [5, 5.41) is 8.42. The van der Waals surface area contributed by atoms with E-state index in [4.69, 9.17) is 5.11 Å². The zero-order chi connectivity index (χ0) is 15.6. The lowest BCUT2D eigenvalue weighted by atomic mass is 9.83. The molecule has 1 N–H and O–H groups in total.